The van der Waals surface area contributed by atoms with Gasteiger partial charge in [-0.05, 0) is 24.3 Å². The third-order valence-corrected chi connectivity index (χ3v) is 6.88. The minimum Gasteiger partial charge on any atom is -0.454 e. The lowest BCUT2D eigenvalue weighted by molar-refractivity contribution is -0.917. The molecule has 0 aromatic heterocycles. The van der Waals surface area contributed by atoms with Crippen LogP contribution in [-0.4, -0.2) is 50.6 Å². The van der Waals surface area contributed by atoms with Crippen molar-refractivity contribution >= 4 is 15.7 Å². The number of nitrogens with one attached hydrogen (secondary N) is 1. The van der Waals surface area contributed by atoms with Crippen molar-refractivity contribution in [3.63, 3.8) is 0 Å². The fraction of sp³-hybridized carbons (Fsp3) is 0.333. The Morgan fingerprint density at radius 1 is 1.07 bits per heavy atom. The van der Waals surface area contributed by atoms with Crippen LogP contribution in [0, 0.1) is 10.1 Å². The number of nitrogens with zero attached hydrogens (tertiary/aromatic N) is 2. The topological polar surface area (TPSA) is 103 Å². The van der Waals surface area contributed by atoms with Crippen molar-refractivity contribution in [1.82, 2.24) is 4.31 Å². The molecule has 0 radical (unpaired) electrons. The van der Waals surface area contributed by atoms with Gasteiger partial charge in [-0.2, -0.15) is 4.31 Å². The highest BCUT2D eigenvalue weighted by Crippen LogP contribution is 2.32. The third kappa shape index (κ3) is 3.66. The first-order valence-corrected chi connectivity index (χ1v) is 10.3. The quantitative estimate of drug-likeness (QED) is 0.570. The van der Waals surface area contributed by atoms with Crippen molar-refractivity contribution in [3.8, 4) is 11.5 Å². The number of nitro groups is 1. The van der Waals surface area contributed by atoms with Crippen molar-refractivity contribution in [3.05, 3.63) is 58.1 Å². The van der Waals surface area contributed by atoms with Crippen LogP contribution in [-0.2, 0) is 16.6 Å². The molecule has 148 valence electrons. The van der Waals surface area contributed by atoms with Gasteiger partial charge in [0.1, 0.15) is 6.54 Å². The van der Waals surface area contributed by atoms with Crippen LogP contribution < -0.4 is 14.4 Å². The van der Waals surface area contributed by atoms with Gasteiger partial charge in [0.2, 0.25) is 16.8 Å². The van der Waals surface area contributed by atoms with Gasteiger partial charge in [0, 0.05) is 17.7 Å². The number of piperazine rings is 1. The molecule has 28 heavy (non-hydrogen) atoms. The van der Waals surface area contributed by atoms with E-state index in [4.69, 9.17) is 9.47 Å². The largest absolute Gasteiger partial charge is 0.454 e. The van der Waals surface area contributed by atoms with E-state index in [1.165, 1.54) is 27.4 Å². The molecule has 0 atom stereocenters. The number of quaternary nitrogens is 1. The highest BCUT2D eigenvalue weighted by Gasteiger charge is 2.31. The fourth-order valence-corrected chi connectivity index (χ4v) is 4.95. The second-order valence-electron chi connectivity index (χ2n) is 6.77. The summed E-state index contributed by atoms with van der Waals surface area (Å²) in [6, 6.07) is 11.0. The van der Waals surface area contributed by atoms with Gasteiger partial charge >= 0.3 is 0 Å². The molecule has 2 heterocycles. The SMILES string of the molecule is O=[N+]([O-])c1cccc(S(=O)(=O)N2CC[NH+](Cc3ccc4c(c3)OCO4)CC2)c1. The maximum atomic E-state index is 12.8. The summed E-state index contributed by atoms with van der Waals surface area (Å²) in [5.74, 6) is 1.48. The third-order valence-electron chi connectivity index (χ3n) is 4.99. The summed E-state index contributed by atoms with van der Waals surface area (Å²) < 4.78 is 37.7. The van der Waals surface area contributed by atoms with E-state index in [1.807, 2.05) is 18.2 Å². The summed E-state index contributed by atoms with van der Waals surface area (Å²) in [4.78, 5) is 11.6. The maximum absolute atomic E-state index is 12.8. The molecule has 1 N–H and O–H groups in total. The second kappa shape index (κ2) is 7.38. The van der Waals surface area contributed by atoms with Crippen LogP contribution in [0.15, 0.2) is 47.4 Å². The first-order valence-electron chi connectivity index (χ1n) is 8.90. The van der Waals surface area contributed by atoms with Crippen LogP contribution in [0.25, 0.3) is 0 Å². The molecule has 0 amide bonds. The Morgan fingerprint density at radius 2 is 1.82 bits per heavy atom. The van der Waals surface area contributed by atoms with Crippen molar-refractivity contribution in [2.45, 2.75) is 11.4 Å². The molecule has 1 fully saturated rings. The average Bonchev–Trinajstić information content (AvgIpc) is 3.16. The number of nitro benzene ring substituents is 1. The van der Waals surface area contributed by atoms with Crippen molar-refractivity contribution < 1.29 is 27.7 Å². The number of non-ortho nitro benzene ring substituents is 1. The van der Waals surface area contributed by atoms with Crippen LogP contribution in [0.4, 0.5) is 5.69 Å². The minimum atomic E-state index is -3.74. The summed E-state index contributed by atoms with van der Waals surface area (Å²) in [5.41, 5.74) is 0.877. The highest BCUT2D eigenvalue weighted by atomic mass is 32.2. The van der Waals surface area contributed by atoms with E-state index in [1.54, 1.807) is 0 Å². The smallest absolute Gasteiger partial charge is 0.270 e. The summed E-state index contributed by atoms with van der Waals surface area (Å²) in [5, 5.41) is 10.9. The van der Waals surface area contributed by atoms with Crippen LogP contribution in [0.1, 0.15) is 5.56 Å². The number of benzene rings is 2. The van der Waals surface area contributed by atoms with Gasteiger partial charge in [-0.3, -0.25) is 10.1 Å². The number of rotatable bonds is 5. The lowest BCUT2D eigenvalue weighted by Crippen LogP contribution is -3.13. The molecule has 2 aliphatic heterocycles. The average molecular weight is 406 g/mol. The number of fused-ring (bicyclic) bond motifs is 1. The number of hydrogen-bond acceptors (Lipinski definition) is 6. The van der Waals surface area contributed by atoms with E-state index >= 15 is 0 Å². The molecule has 2 aromatic carbocycles. The van der Waals surface area contributed by atoms with Gasteiger partial charge in [-0.15, -0.1) is 0 Å². The summed E-state index contributed by atoms with van der Waals surface area (Å²) in [6.45, 7) is 3.04. The molecule has 2 aromatic rings. The molecule has 0 saturated carbocycles. The van der Waals surface area contributed by atoms with Gasteiger partial charge in [0.25, 0.3) is 5.69 Å². The minimum absolute atomic E-state index is 0.0408. The van der Waals surface area contributed by atoms with Crippen molar-refractivity contribution in [2.24, 2.45) is 0 Å². The number of sulfonamides is 1. The molecular formula is C18H20N3O6S+. The van der Waals surface area contributed by atoms with Gasteiger partial charge in [0.05, 0.1) is 36.0 Å². The lowest BCUT2D eigenvalue weighted by Gasteiger charge is -2.31. The Hall–Kier alpha value is -2.69. The molecule has 0 aliphatic carbocycles. The Kier molecular flexibility index (Phi) is 4.92. The van der Waals surface area contributed by atoms with Crippen LogP contribution in [0.5, 0.6) is 11.5 Å². The van der Waals surface area contributed by atoms with Crippen LogP contribution >= 0.6 is 0 Å². The zero-order valence-corrected chi connectivity index (χ0v) is 15.9. The van der Waals surface area contributed by atoms with E-state index in [9.17, 15) is 18.5 Å². The van der Waals surface area contributed by atoms with Crippen molar-refractivity contribution in [2.75, 3.05) is 33.0 Å². The predicted molar refractivity (Wildman–Crippen MR) is 98.8 cm³/mol. The monoisotopic (exact) mass is 406 g/mol. The summed E-state index contributed by atoms with van der Waals surface area (Å²) in [6.07, 6.45) is 0. The second-order valence-corrected chi connectivity index (χ2v) is 8.71. The van der Waals surface area contributed by atoms with Gasteiger partial charge < -0.3 is 14.4 Å². The Balaban J connectivity index is 1.41. The summed E-state index contributed by atoms with van der Waals surface area (Å²) >= 11 is 0. The molecule has 4 rings (SSSR count). The normalized spacial score (nSPS) is 17.6. The molecule has 9 nitrogen and oxygen atoms in total. The molecule has 0 unspecified atom stereocenters. The Bertz CT molecular complexity index is 1000. The van der Waals surface area contributed by atoms with Gasteiger partial charge in [-0.25, -0.2) is 8.42 Å². The van der Waals surface area contributed by atoms with E-state index in [2.05, 4.69) is 0 Å². The standard InChI is InChI=1S/C18H19N3O6S/c22-21(23)15-2-1-3-16(11-15)28(24,25)20-8-6-19(7-9-20)12-14-4-5-17-18(10-14)27-13-26-17/h1-5,10-11H,6-9,12-13H2/p+1. The van der Waals surface area contributed by atoms with E-state index in [0.29, 0.717) is 26.2 Å². The van der Waals surface area contributed by atoms with E-state index in [0.717, 1.165) is 29.7 Å². The molecular weight excluding hydrogens is 386 g/mol. The fourth-order valence-electron chi connectivity index (χ4n) is 3.47. The maximum Gasteiger partial charge on any atom is 0.270 e. The first kappa shape index (κ1) is 18.7. The molecule has 0 spiro atoms. The van der Waals surface area contributed by atoms with Crippen molar-refractivity contribution in [1.29, 1.82) is 0 Å². The Labute approximate surface area is 162 Å². The van der Waals surface area contributed by atoms with Crippen LogP contribution in [0.3, 0.4) is 0 Å². The molecule has 0 bridgehead atoms. The molecule has 1 saturated heterocycles. The lowest BCUT2D eigenvalue weighted by atomic mass is 10.2. The first-order chi connectivity index (χ1) is 13.4. The number of ether oxygens (including phenoxy) is 2. The number of hydrogen-bond donors (Lipinski definition) is 1. The predicted octanol–water partition coefficient (Wildman–Crippen LogP) is 0.413. The van der Waals surface area contributed by atoms with Crippen LogP contribution in [0.2, 0.25) is 0 Å². The van der Waals surface area contributed by atoms with Gasteiger partial charge in [-0.1, -0.05) is 6.07 Å². The highest BCUT2D eigenvalue weighted by molar-refractivity contribution is 7.89. The summed E-state index contributed by atoms with van der Waals surface area (Å²) in [7, 11) is -3.74. The van der Waals surface area contributed by atoms with E-state index in [-0.39, 0.29) is 17.4 Å². The zero-order valence-electron chi connectivity index (χ0n) is 15.0. The van der Waals surface area contributed by atoms with Gasteiger partial charge in [0.15, 0.2) is 11.5 Å². The Morgan fingerprint density at radius 3 is 2.57 bits per heavy atom. The van der Waals surface area contributed by atoms with E-state index < -0.39 is 14.9 Å². The zero-order chi connectivity index (χ0) is 19.7. The molecule has 10 heteroatoms. The molecule has 2 aliphatic rings.